The number of anilines is 1. The van der Waals surface area contributed by atoms with E-state index in [0.29, 0.717) is 11.3 Å². The van der Waals surface area contributed by atoms with Gasteiger partial charge in [0.25, 0.3) is 5.91 Å². The SMILES string of the molecule is Cc1ccc(NC(=O)Cn2cc(CNC(=O)c3c4ccccc4nc4ccccc34)nn2)cc1. The van der Waals surface area contributed by atoms with E-state index in [1.54, 1.807) is 6.20 Å². The number of carbonyl (C=O) groups excluding carboxylic acids is 2. The Kier molecular flexibility index (Phi) is 5.70. The second-order valence-corrected chi connectivity index (χ2v) is 8.03. The number of hydrogen-bond donors (Lipinski definition) is 2. The van der Waals surface area contributed by atoms with Crippen LogP contribution in [0.5, 0.6) is 0 Å². The molecule has 0 atom stereocenters. The third-order valence-electron chi connectivity index (χ3n) is 5.47. The Hall–Kier alpha value is -4.59. The van der Waals surface area contributed by atoms with E-state index in [0.717, 1.165) is 33.1 Å². The predicted octanol–water partition coefficient (Wildman–Crippen LogP) is 3.86. The van der Waals surface area contributed by atoms with Gasteiger partial charge in [0.05, 0.1) is 29.3 Å². The van der Waals surface area contributed by atoms with E-state index in [2.05, 4.69) is 25.9 Å². The van der Waals surface area contributed by atoms with Crippen LogP contribution in [0, 0.1) is 6.92 Å². The van der Waals surface area contributed by atoms with Crippen molar-refractivity contribution in [3.63, 3.8) is 0 Å². The first-order valence-electron chi connectivity index (χ1n) is 10.9. The van der Waals surface area contributed by atoms with Gasteiger partial charge in [-0.1, -0.05) is 59.3 Å². The number of rotatable bonds is 6. The van der Waals surface area contributed by atoms with Crippen LogP contribution in [-0.4, -0.2) is 31.8 Å². The first kappa shape index (κ1) is 21.3. The zero-order valence-electron chi connectivity index (χ0n) is 18.5. The Bertz CT molecular complexity index is 1450. The van der Waals surface area contributed by atoms with Crippen LogP contribution in [0.2, 0.25) is 0 Å². The van der Waals surface area contributed by atoms with Crippen molar-refractivity contribution >= 4 is 39.3 Å². The highest BCUT2D eigenvalue weighted by Crippen LogP contribution is 2.25. The fourth-order valence-electron chi connectivity index (χ4n) is 3.83. The van der Waals surface area contributed by atoms with Gasteiger partial charge in [0, 0.05) is 16.5 Å². The van der Waals surface area contributed by atoms with Crippen LogP contribution < -0.4 is 10.6 Å². The van der Waals surface area contributed by atoms with E-state index in [1.165, 1.54) is 4.68 Å². The summed E-state index contributed by atoms with van der Waals surface area (Å²) in [4.78, 5) is 30.2. The minimum absolute atomic E-state index is 0.0223. The molecule has 0 bridgehead atoms. The molecule has 8 heteroatoms. The molecule has 0 saturated carbocycles. The second kappa shape index (κ2) is 9.11. The number of fused-ring (bicyclic) bond motifs is 2. The third kappa shape index (κ3) is 4.47. The molecule has 0 radical (unpaired) electrons. The lowest BCUT2D eigenvalue weighted by molar-refractivity contribution is -0.116. The van der Waals surface area contributed by atoms with Gasteiger partial charge in [0.1, 0.15) is 12.2 Å². The van der Waals surface area contributed by atoms with Crippen molar-refractivity contribution in [2.45, 2.75) is 20.0 Å². The summed E-state index contributed by atoms with van der Waals surface area (Å²) in [6.07, 6.45) is 1.65. The molecule has 2 N–H and O–H groups in total. The van der Waals surface area contributed by atoms with Crippen LogP contribution in [0.3, 0.4) is 0 Å². The topological polar surface area (TPSA) is 102 Å². The molecule has 0 unspecified atom stereocenters. The molecule has 2 heterocycles. The van der Waals surface area contributed by atoms with Crippen molar-refractivity contribution in [2.24, 2.45) is 0 Å². The maximum absolute atomic E-state index is 13.2. The Labute approximate surface area is 195 Å². The molecule has 8 nitrogen and oxygen atoms in total. The van der Waals surface area contributed by atoms with Gasteiger partial charge in [-0.3, -0.25) is 9.59 Å². The highest BCUT2D eigenvalue weighted by Gasteiger charge is 2.16. The molecule has 5 rings (SSSR count). The number of para-hydroxylation sites is 2. The van der Waals surface area contributed by atoms with Crippen molar-refractivity contribution in [3.8, 4) is 0 Å². The van der Waals surface area contributed by atoms with Crippen molar-refractivity contribution in [3.05, 3.63) is 95.8 Å². The Balaban J connectivity index is 1.28. The standard InChI is InChI=1S/C26H22N6O2/c1-17-10-12-18(13-11-17)28-24(33)16-32-15-19(30-31-32)14-27-26(34)25-20-6-2-4-8-22(20)29-23-9-5-3-7-21(23)25/h2-13,15H,14,16H2,1H3,(H,27,34)(H,28,33). The molecular weight excluding hydrogens is 428 g/mol. The smallest absolute Gasteiger partial charge is 0.252 e. The number of aryl methyl sites for hydroxylation is 1. The van der Waals surface area contributed by atoms with Gasteiger partial charge < -0.3 is 10.6 Å². The molecule has 0 aliphatic rings. The lowest BCUT2D eigenvalue weighted by Gasteiger charge is -2.10. The van der Waals surface area contributed by atoms with Crippen molar-refractivity contribution < 1.29 is 9.59 Å². The summed E-state index contributed by atoms with van der Waals surface area (Å²) in [5, 5.41) is 15.4. The molecule has 168 valence electrons. The lowest BCUT2D eigenvalue weighted by atomic mass is 10.0. The first-order chi connectivity index (χ1) is 16.6. The van der Waals surface area contributed by atoms with E-state index in [4.69, 9.17) is 0 Å². The van der Waals surface area contributed by atoms with Crippen molar-refractivity contribution in [1.82, 2.24) is 25.3 Å². The summed E-state index contributed by atoms with van der Waals surface area (Å²) in [5.41, 5.74) is 4.49. The summed E-state index contributed by atoms with van der Waals surface area (Å²) in [5.74, 6) is -0.430. The lowest BCUT2D eigenvalue weighted by Crippen LogP contribution is -2.23. The molecule has 0 spiro atoms. The maximum Gasteiger partial charge on any atom is 0.252 e. The van der Waals surface area contributed by atoms with Crippen LogP contribution in [-0.2, 0) is 17.9 Å². The van der Waals surface area contributed by atoms with Crippen LogP contribution in [0.4, 0.5) is 5.69 Å². The van der Waals surface area contributed by atoms with Crippen LogP contribution >= 0.6 is 0 Å². The van der Waals surface area contributed by atoms with Crippen LogP contribution in [0.25, 0.3) is 21.8 Å². The molecular formula is C26H22N6O2. The number of amides is 2. The molecule has 2 aromatic heterocycles. The molecule has 0 aliphatic carbocycles. The minimum atomic E-state index is -0.221. The van der Waals surface area contributed by atoms with E-state index < -0.39 is 0 Å². The number of aromatic nitrogens is 4. The number of nitrogens with zero attached hydrogens (tertiary/aromatic N) is 4. The Morgan fingerprint density at radius 1 is 0.882 bits per heavy atom. The zero-order chi connectivity index (χ0) is 23.5. The fourth-order valence-corrected chi connectivity index (χ4v) is 3.83. The van der Waals surface area contributed by atoms with Gasteiger partial charge in [0.2, 0.25) is 5.91 Å². The van der Waals surface area contributed by atoms with Gasteiger partial charge >= 0.3 is 0 Å². The highest BCUT2D eigenvalue weighted by atomic mass is 16.2. The zero-order valence-corrected chi connectivity index (χ0v) is 18.5. The predicted molar refractivity (Wildman–Crippen MR) is 130 cm³/mol. The number of benzene rings is 3. The number of nitrogens with one attached hydrogen (secondary N) is 2. The average molecular weight is 451 g/mol. The van der Waals surface area contributed by atoms with Gasteiger partial charge in [-0.05, 0) is 31.2 Å². The Morgan fingerprint density at radius 3 is 2.21 bits per heavy atom. The summed E-state index contributed by atoms with van der Waals surface area (Å²) in [6.45, 7) is 2.19. The van der Waals surface area contributed by atoms with E-state index in [9.17, 15) is 9.59 Å². The van der Waals surface area contributed by atoms with E-state index in [-0.39, 0.29) is 24.9 Å². The largest absolute Gasteiger partial charge is 0.346 e. The van der Waals surface area contributed by atoms with Crippen molar-refractivity contribution in [1.29, 1.82) is 0 Å². The molecule has 5 aromatic rings. The molecule has 0 aliphatic heterocycles. The Morgan fingerprint density at radius 2 is 1.53 bits per heavy atom. The molecule has 2 amide bonds. The van der Waals surface area contributed by atoms with Crippen molar-refractivity contribution in [2.75, 3.05) is 5.32 Å². The second-order valence-electron chi connectivity index (χ2n) is 8.03. The fraction of sp³-hybridized carbons (Fsp3) is 0.115. The molecule has 34 heavy (non-hydrogen) atoms. The van der Waals surface area contributed by atoms with Gasteiger partial charge in [-0.15, -0.1) is 5.10 Å². The molecule has 3 aromatic carbocycles. The number of pyridine rings is 1. The van der Waals surface area contributed by atoms with Gasteiger partial charge in [0.15, 0.2) is 0 Å². The normalized spacial score (nSPS) is 11.0. The van der Waals surface area contributed by atoms with E-state index in [1.807, 2.05) is 79.7 Å². The summed E-state index contributed by atoms with van der Waals surface area (Å²) >= 11 is 0. The minimum Gasteiger partial charge on any atom is -0.346 e. The number of carbonyl (C=O) groups is 2. The van der Waals surface area contributed by atoms with E-state index >= 15 is 0 Å². The molecule has 0 fully saturated rings. The highest BCUT2D eigenvalue weighted by molar-refractivity contribution is 6.16. The van der Waals surface area contributed by atoms with Crippen LogP contribution in [0.1, 0.15) is 21.6 Å². The quantitative estimate of drug-likeness (QED) is 0.383. The first-order valence-corrected chi connectivity index (χ1v) is 10.9. The monoisotopic (exact) mass is 450 g/mol. The summed E-state index contributed by atoms with van der Waals surface area (Å²) in [6, 6.07) is 22.7. The maximum atomic E-state index is 13.2. The molecule has 0 saturated heterocycles. The van der Waals surface area contributed by atoms with Gasteiger partial charge in [-0.25, -0.2) is 9.67 Å². The average Bonchev–Trinajstić information content (AvgIpc) is 3.29. The third-order valence-corrected chi connectivity index (χ3v) is 5.47. The summed E-state index contributed by atoms with van der Waals surface area (Å²) in [7, 11) is 0. The van der Waals surface area contributed by atoms with Crippen LogP contribution in [0.15, 0.2) is 79.0 Å². The summed E-state index contributed by atoms with van der Waals surface area (Å²) < 4.78 is 1.45. The number of hydrogen-bond acceptors (Lipinski definition) is 5. The van der Waals surface area contributed by atoms with Gasteiger partial charge in [-0.2, -0.15) is 0 Å².